The SMILES string of the molecule is O=C(C(F)F)N1CCN(C(=O)C2CCCO2)CC1. The van der Waals surface area contributed by atoms with Gasteiger partial charge in [-0.3, -0.25) is 9.59 Å². The van der Waals surface area contributed by atoms with E-state index in [0.29, 0.717) is 19.7 Å². The fourth-order valence-electron chi connectivity index (χ4n) is 2.26. The Bertz CT molecular complexity index is 324. The van der Waals surface area contributed by atoms with Gasteiger partial charge in [-0.2, -0.15) is 8.78 Å². The van der Waals surface area contributed by atoms with Gasteiger partial charge in [0.2, 0.25) is 0 Å². The van der Waals surface area contributed by atoms with Gasteiger partial charge in [0.15, 0.2) is 0 Å². The van der Waals surface area contributed by atoms with Crippen molar-refractivity contribution >= 4 is 11.8 Å². The third-order valence-electron chi connectivity index (χ3n) is 3.29. The van der Waals surface area contributed by atoms with E-state index in [1.54, 1.807) is 4.90 Å². The van der Waals surface area contributed by atoms with E-state index in [1.807, 2.05) is 0 Å². The van der Waals surface area contributed by atoms with Crippen molar-refractivity contribution in [2.75, 3.05) is 32.8 Å². The molecule has 2 rings (SSSR count). The molecule has 1 unspecified atom stereocenters. The number of piperazine rings is 1. The van der Waals surface area contributed by atoms with Crippen LogP contribution < -0.4 is 0 Å². The molecule has 0 spiro atoms. The third kappa shape index (κ3) is 2.77. The second-order valence-electron chi connectivity index (χ2n) is 4.45. The van der Waals surface area contributed by atoms with Gasteiger partial charge in [0.25, 0.3) is 11.8 Å². The van der Waals surface area contributed by atoms with Gasteiger partial charge in [0.05, 0.1) is 0 Å². The molecule has 102 valence electrons. The summed E-state index contributed by atoms with van der Waals surface area (Å²) in [7, 11) is 0. The summed E-state index contributed by atoms with van der Waals surface area (Å²) >= 11 is 0. The van der Waals surface area contributed by atoms with Crippen LogP contribution in [0.25, 0.3) is 0 Å². The molecule has 2 heterocycles. The smallest absolute Gasteiger partial charge is 0.315 e. The van der Waals surface area contributed by atoms with Crippen molar-refractivity contribution in [3.8, 4) is 0 Å². The molecule has 7 heteroatoms. The Morgan fingerprint density at radius 3 is 2.22 bits per heavy atom. The van der Waals surface area contributed by atoms with E-state index in [4.69, 9.17) is 4.74 Å². The first-order valence-electron chi connectivity index (χ1n) is 6.07. The monoisotopic (exact) mass is 262 g/mol. The predicted molar refractivity (Wildman–Crippen MR) is 58.1 cm³/mol. The molecule has 0 N–H and O–H groups in total. The zero-order chi connectivity index (χ0) is 13.1. The maximum atomic E-state index is 12.2. The Kier molecular flexibility index (Phi) is 4.11. The normalized spacial score (nSPS) is 24.7. The van der Waals surface area contributed by atoms with E-state index in [2.05, 4.69) is 0 Å². The molecule has 0 radical (unpaired) electrons. The highest BCUT2D eigenvalue weighted by Crippen LogP contribution is 2.16. The molecule has 2 fully saturated rings. The molecule has 2 saturated heterocycles. The number of carbonyl (C=O) groups excluding carboxylic acids is 2. The Labute approximate surface area is 104 Å². The molecular weight excluding hydrogens is 246 g/mol. The Balaban J connectivity index is 1.82. The zero-order valence-electron chi connectivity index (χ0n) is 9.98. The van der Waals surface area contributed by atoms with Crippen molar-refractivity contribution in [2.45, 2.75) is 25.4 Å². The first-order chi connectivity index (χ1) is 8.59. The van der Waals surface area contributed by atoms with Gasteiger partial charge in [0, 0.05) is 32.8 Å². The summed E-state index contributed by atoms with van der Waals surface area (Å²) in [6.07, 6.45) is -1.76. The lowest BCUT2D eigenvalue weighted by atomic mass is 10.2. The second kappa shape index (κ2) is 5.60. The third-order valence-corrected chi connectivity index (χ3v) is 3.29. The minimum atomic E-state index is -2.97. The van der Waals surface area contributed by atoms with Crippen molar-refractivity contribution in [3.05, 3.63) is 0 Å². The predicted octanol–water partition coefficient (Wildman–Crippen LogP) is 0.101. The highest BCUT2D eigenvalue weighted by Gasteiger charge is 2.32. The highest BCUT2D eigenvalue weighted by molar-refractivity contribution is 5.82. The van der Waals surface area contributed by atoms with Gasteiger partial charge in [0.1, 0.15) is 6.10 Å². The van der Waals surface area contributed by atoms with Crippen LogP contribution in [0.15, 0.2) is 0 Å². The molecule has 2 aliphatic rings. The van der Waals surface area contributed by atoms with Crippen molar-refractivity contribution in [1.29, 1.82) is 0 Å². The standard InChI is InChI=1S/C11H16F2N2O3/c12-9(13)11(17)15-5-3-14(4-6-15)10(16)8-2-1-7-18-8/h8-9H,1-7H2. The van der Waals surface area contributed by atoms with Crippen molar-refractivity contribution in [3.63, 3.8) is 0 Å². The number of rotatable bonds is 2. The van der Waals surface area contributed by atoms with E-state index in [9.17, 15) is 18.4 Å². The van der Waals surface area contributed by atoms with Crippen LogP contribution in [-0.2, 0) is 14.3 Å². The lowest BCUT2D eigenvalue weighted by Crippen LogP contribution is -2.53. The van der Waals surface area contributed by atoms with Crippen LogP contribution in [0.3, 0.4) is 0 Å². The van der Waals surface area contributed by atoms with Crippen LogP contribution in [0.5, 0.6) is 0 Å². The summed E-state index contributed by atoms with van der Waals surface area (Å²) in [6, 6.07) is 0. The number of nitrogens with zero attached hydrogens (tertiary/aromatic N) is 2. The summed E-state index contributed by atoms with van der Waals surface area (Å²) in [5.41, 5.74) is 0. The Morgan fingerprint density at radius 2 is 1.72 bits per heavy atom. The van der Waals surface area contributed by atoms with Crippen LogP contribution >= 0.6 is 0 Å². The maximum absolute atomic E-state index is 12.2. The molecule has 0 aromatic carbocycles. The van der Waals surface area contributed by atoms with Gasteiger partial charge in [-0.15, -0.1) is 0 Å². The van der Waals surface area contributed by atoms with Gasteiger partial charge >= 0.3 is 6.43 Å². The summed E-state index contributed by atoms with van der Waals surface area (Å²) < 4.78 is 29.7. The van der Waals surface area contributed by atoms with Crippen molar-refractivity contribution < 1.29 is 23.1 Å². The maximum Gasteiger partial charge on any atom is 0.315 e. The average molecular weight is 262 g/mol. The quantitative estimate of drug-likeness (QED) is 0.709. The fourth-order valence-corrected chi connectivity index (χ4v) is 2.26. The van der Waals surface area contributed by atoms with E-state index in [0.717, 1.165) is 17.7 Å². The topological polar surface area (TPSA) is 49.9 Å². The van der Waals surface area contributed by atoms with Gasteiger partial charge < -0.3 is 14.5 Å². The van der Waals surface area contributed by atoms with Crippen LogP contribution in [0.1, 0.15) is 12.8 Å². The van der Waals surface area contributed by atoms with Crippen LogP contribution in [-0.4, -0.2) is 66.9 Å². The highest BCUT2D eigenvalue weighted by atomic mass is 19.3. The van der Waals surface area contributed by atoms with Crippen LogP contribution in [0.2, 0.25) is 0 Å². The summed E-state index contributed by atoms with van der Waals surface area (Å²) in [4.78, 5) is 25.7. The molecule has 18 heavy (non-hydrogen) atoms. The summed E-state index contributed by atoms with van der Waals surface area (Å²) in [5, 5.41) is 0. The Morgan fingerprint density at radius 1 is 1.11 bits per heavy atom. The molecule has 0 aromatic rings. The largest absolute Gasteiger partial charge is 0.368 e. The first-order valence-corrected chi connectivity index (χ1v) is 6.07. The fraction of sp³-hybridized carbons (Fsp3) is 0.818. The number of carbonyl (C=O) groups is 2. The zero-order valence-corrected chi connectivity index (χ0v) is 9.98. The molecule has 0 aliphatic carbocycles. The van der Waals surface area contributed by atoms with E-state index in [-0.39, 0.29) is 25.1 Å². The van der Waals surface area contributed by atoms with Crippen molar-refractivity contribution in [2.24, 2.45) is 0 Å². The number of alkyl halides is 2. The van der Waals surface area contributed by atoms with Gasteiger partial charge in [-0.1, -0.05) is 0 Å². The molecule has 0 bridgehead atoms. The molecule has 0 aromatic heterocycles. The molecule has 5 nitrogen and oxygen atoms in total. The van der Waals surface area contributed by atoms with E-state index in [1.165, 1.54) is 0 Å². The molecule has 2 amide bonds. The lowest BCUT2D eigenvalue weighted by Gasteiger charge is -2.35. The molecule has 0 saturated carbocycles. The van der Waals surface area contributed by atoms with Crippen LogP contribution in [0.4, 0.5) is 8.78 Å². The number of hydrogen-bond acceptors (Lipinski definition) is 3. The van der Waals surface area contributed by atoms with Gasteiger partial charge in [-0.05, 0) is 12.8 Å². The van der Waals surface area contributed by atoms with Crippen molar-refractivity contribution in [1.82, 2.24) is 9.80 Å². The minimum Gasteiger partial charge on any atom is -0.368 e. The summed E-state index contributed by atoms with van der Waals surface area (Å²) in [5.74, 6) is -1.24. The van der Waals surface area contributed by atoms with E-state index >= 15 is 0 Å². The lowest BCUT2D eigenvalue weighted by molar-refractivity contribution is -0.150. The molecular formula is C11H16F2N2O3. The molecule has 2 aliphatic heterocycles. The second-order valence-corrected chi connectivity index (χ2v) is 4.45. The Hall–Kier alpha value is -1.24. The van der Waals surface area contributed by atoms with Gasteiger partial charge in [-0.25, -0.2) is 0 Å². The van der Waals surface area contributed by atoms with E-state index < -0.39 is 12.3 Å². The number of hydrogen-bond donors (Lipinski definition) is 0. The molecule has 1 atom stereocenters. The number of amides is 2. The average Bonchev–Trinajstić information content (AvgIpc) is 2.91. The summed E-state index contributed by atoms with van der Waals surface area (Å²) in [6.45, 7) is 1.54. The van der Waals surface area contributed by atoms with Crippen LogP contribution in [0, 0.1) is 0 Å². The number of ether oxygens (including phenoxy) is 1. The number of halogens is 2. The first kappa shape index (κ1) is 13.2. The minimum absolute atomic E-state index is 0.0864.